The fourth-order valence-corrected chi connectivity index (χ4v) is 2.55. The van der Waals surface area contributed by atoms with Gasteiger partial charge in [0.25, 0.3) is 5.91 Å². The number of aliphatic hydroxyl groups is 1. The van der Waals surface area contributed by atoms with E-state index in [1.165, 1.54) is 0 Å². The van der Waals surface area contributed by atoms with E-state index in [0.29, 0.717) is 24.5 Å². The number of carbonyl (C=O) groups excluding carboxylic acids is 1. The summed E-state index contributed by atoms with van der Waals surface area (Å²) in [5, 5.41) is 16.2. The van der Waals surface area contributed by atoms with E-state index in [0.717, 1.165) is 12.1 Å². The first-order valence-electron chi connectivity index (χ1n) is 7.97. The van der Waals surface area contributed by atoms with Crippen molar-refractivity contribution < 1.29 is 19.4 Å². The minimum Gasteiger partial charge on any atom is -0.482 e. The lowest BCUT2D eigenvalue weighted by molar-refractivity contribution is 0.0904. The van der Waals surface area contributed by atoms with Gasteiger partial charge < -0.3 is 19.9 Å². The molecule has 1 aliphatic heterocycles. The van der Waals surface area contributed by atoms with Crippen LogP contribution in [-0.2, 0) is 17.9 Å². The van der Waals surface area contributed by atoms with Crippen LogP contribution in [-0.4, -0.2) is 46.2 Å². The molecule has 2 heterocycles. The Morgan fingerprint density at radius 3 is 2.88 bits per heavy atom. The van der Waals surface area contributed by atoms with E-state index in [-0.39, 0.29) is 24.7 Å². The monoisotopic (exact) mass is 331 g/mol. The average molecular weight is 331 g/mol. The minimum atomic E-state index is -0.250. The van der Waals surface area contributed by atoms with Crippen molar-refractivity contribution in [2.45, 2.75) is 32.2 Å². The van der Waals surface area contributed by atoms with Crippen molar-refractivity contribution in [3.8, 4) is 5.75 Å². The van der Waals surface area contributed by atoms with Crippen LogP contribution in [0.15, 0.2) is 36.7 Å². The molecule has 2 aromatic rings. The van der Waals surface area contributed by atoms with E-state index < -0.39 is 0 Å². The minimum absolute atomic E-state index is 0.0419. The highest BCUT2D eigenvalue weighted by Gasteiger charge is 2.32. The molecule has 0 bridgehead atoms. The summed E-state index contributed by atoms with van der Waals surface area (Å²) in [7, 11) is 0. The summed E-state index contributed by atoms with van der Waals surface area (Å²) in [6.07, 6.45) is 3.24. The molecule has 1 aromatic carbocycles. The van der Waals surface area contributed by atoms with Gasteiger partial charge in [-0.15, -0.1) is 0 Å². The van der Waals surface area contributed by atoms with Crippen LogP contribution < -0.4 is 10.1 Å². The molecule has 0 radical (unpaired) electrons. The zero-order chi connectivity index (χ0) is 16.9. The molecule has 0 spiro atoms. The highest BCUT2D eigenvalue weighted by atomic mass is 16.5. The quantitative estimate of drug-likeness (QED) is 0.824. The number of ether oxygens (including phenoxy) is 2. The van der Waals surface area contributed by atoms with Gasteiger partial charge in [0.1, 0.15) is 6.10 Å². The lowest BCUT2D eigenvalue weighted by atomic mass is 10.1. The second-order valence-corrected chi connectivity index (χ2v) is 5.66. The van der Waals surface area contributed by atoms with E-state index >= 15 is 0 Å². The lowest BCUT2D eigenvalue weighted by Crippen LogP contribution is -2.45. The Morgan fingerprint density at radius 2 is 2.21 bits per heavy atom. The Morgan fingerprint density at radius 1 is 1.42 bits per heavy atom. The molecule has 1 fully saturated rings. The van der Waals surface area contributed by atoms with Gasteiger partial charge in [-0.1, -0.05) is 12.1 Å². The number of aliphatic hydroxyl groups excluding tert-OH is 1. The highest BCUT2D eigenvalue weighted by Crippen LogP contribution is 2.17. The van der Waals surface area contributed by atoms with Gasteiger partial charge in [0.15, 0.2) is 5.75 Å². The van der Waals surface area contributed by atoms with E-state index in [9.17, 15) is 4.79 Å². The van der Waals surface area contributed by atoms with E-state index in [1.807, 2.05) is 13.1 Å². The number of benzene rings is 1. The van der Waals surface area contributed by atoms with E-state index in [1.54, 1.807) is 35.1 Å². The number of hydrogen-bond donors (Lipinski definition) is 2. The molecular weight excluding hydrogens is 310 g/mol. The third-order valence-electron chi connectivity index (χ3n) is 3.96. The summed E-state index contributed by atoms with van der Waals surface area (Å²) in [5.41, 5.74) is 1.31. The van der Waals surface area contributed by atoms with Gasteiger partial charge in [0, 0.05) is 12.1 Å². The number of carbonyl (C=O) groups is 1. The molecule has 1 amide bonds. The zero-order valence-corrected chi connectivity index (χ0v) is 13.5. The van der Waals surface area contributed by atoms with Crippen LogP contribution in [0.25, 0.3) is 0 Å². The molecule has 0 saturated carbocycles. The maximum absolute atomic E-state index is 12.3. The normalized spacial score (nSPS) is 20.1. The Bertz CT molecular complexity index is 683. The van der Waals surface area contributed by atoms with Crippen LogP contribution in [0.5, 0.6) is 5.75 Å². The number of aryl methyl sites for hydroxylation is 1. The van der Waals surface area contributed by atoms with Gasteiger partial charge in [-0.3, -0.25) is 9.48 Å². The summed E-state index contributed by atoms with van der Waals surface area (Å²) >= 11 is 0. The first-order chi connectivity index (χ1) is 11.7. The summed E-state index contributed by atoms with van der Waals surface area (Å²) in [5.74, 6) is 0.478. The maximum Gasteiger partial charge on any atom is 0.251 e. The third kappa shape index (κ3) is 3.74. The highest BCUT2D eigenvalue weighted by molar-refractivity contribution is 5.94. The van der Waals surface area contributed by atoms with Crippen LogP contribution in [0.2, 0.25) is 0 Å². The van der Waals surface area contributed by atoms with Crippen LogP contribution in [0.3, 0.4) is 0 Å². The second kappa shape index (κ2) is 7.46. The van der Waals surface area contributed by atoms with Gasteiger partial charge in [0.05, 0.1) is 38.3 Å². The van der Waals surface area contributed by atoms with Crippen LogP contribution in [0.1, 0.15) is 22.8 Å². The standard InChI is InChI=1S/C17H21N3O4/c1-2-20-8-14(7-18-20)24-16-11-23-10-15(16)19-17(22)13-5-3-12(9-21)4-6-13/h3-8,15-16,21H,2,9-11H2,1H3,(H,19,22)/t15-,16+/m0/s1. The molecule has 128 valence electrons. The summed E-state index contributed by atoms with van der Waals surface area (Å²) in [6.45, 7) is 3.56. The number of nitrogens with zero attached hydrogens (tertiary/aromatic N) is 2. The molecule has 7 nitrogen and oxygen atoms in total. The third-order valence-corrected chi connectivity index (χ3v) is 3.96. The fraction of sp³-hybridized carbons (Fsp3) is 0.412. The van der Waals surface area contributed by atoms with Crippen molar-refractivity contribution in [2.24, 2.45) is 0 Å². The molecule has 1 aromatic heterocycles. The smallest absolute Gasteiger partial charge is 0.251 e. The van der Waals surface area contributed by atoms with Gasteiger partial charge in [-0.25, -0.2) is 0 Å². The summed E-state index contributed by atoms with van der Waals surface area (Å²) in [6, 6.07) is 6.62. The van der Waals surface area contributed by atoms with Gasteiger partial charge in [0.2, 0.25) is 0 Å². The van der Waals surface area contributed by atoms with Crippen molar-refractivity contribution in [3.05, 3.63) is 47.8 Å². The summed E-state index contributed by atoms with van der Waals surface area (Å²) in [4.78, 5) is 12.3. The van der Waals surface area contributed by atoms with Crippen molar-refractivity contribution in [2.75, 3.05) is 13.2 Å². The molecule has 3 rings (SSSR count). The maximum atomic E-state index is 12.3. The van der Waals surface area contributed by atoms with Gasteiger partial charge in [-0.2, -0.15) is 5.10 Å². The molecular formula is C17H21N3O4. The van der Waals surface area contributed by atoms with E-state index in [4.69, 9.17) is 14.6 Å². The SMILES string of the molecule is CCn1cc(O[C@@H]2COC[C@@H]2NC(=O)c2ccc(CO)cc2)cn1. The Hall–Kier alpha value is -2.38. The van der Waals surface area contributed by atoms with Crippen molar-refractivity contribution in [1.29, 1.82) is 0 Å². The first-order valence-corrected chi connectivity index (χ1v) is 7.97. The topological polar surface area (TPSA) is 85.6 Å². The molecule has 2 N–H and O–H groups in total. The lowest BCUT2D eigenvalue weighted by Gasteiger charge is -2.19. The number of hydrogen-bond acceptors (Lipinski definition) is 5. The van der Waals surface area contributed by atoms with Gasteiger partial charge >= 0.3 is 0 Å². The Labute approximate surface area is 140 Å². The Balaban J connectivity index is 1.61. The van der Waals surface area contributed by atoms with Crippen molar-refractivity contribution in [1.82, 2.24) is 15.1 Å². The van der Waals surface area contributed by atoms with Crippen LogP contribution in [0.4, 0.5) is 0 Å². The first kappa shape index (κ1) is 16.5. The molecule has 24 heavy (non-hydrogen) atoms. The molecule has 1 aliphatic rings. The zero-order valence-electron chi connectivity index (χ0n) is 13.5. The second-order valence-electron chi connectivity index (χ2n) is 5.66. The predicted molar refractivity (Wildman–Crippen MR) is 86.8 cm³/mol. The van der Waals surface area contributed by atoms with Crippen LogP contribution >= 0.6 is 0 Å². The molecule has 7 heteroatoms. The predicted octanol–water partition coefficient (Wildman–Crippen LogP) is 0.971. The molecule has 0 unspecified atom stereocenters. The Kier molecular flexibility index (Phi) is 5.12. The molecule has 1 saturated heterocycles. The summed E-state index contributed by atoms with van der Waals surface area (Å²) < 4.78 is 13.1. The average Bonchev–Trinajstić information content (AvgIpc) is 3.25. The van der Waals surface area contributed by atoms with E-state index in [2.05, 4.69) is 10.4 Å². The molecule has 0 aliphatic carbocycles. The largest absolute Gasteiger partial charge is 0.482 e. The fourth-order valence-electron chi connectivity index (χ4n) is 2.55. The number of aromatic nitrogens is 2. The van der Waals surface area contributed by atoms with Gasteiger partial charge in [-0.05, 0) is 24.6 Å². The molecule has 2 atom stereocenters. The number of rotatable bonds is 6. The van der Waals surface area contributed by atoms with Crippen molar-refractivity contribution in [3.63, 3.8) is 0 Å². The van der Waals surface area contributed by atoms with Crippen molar-refractivity contribution >= 4 is 5.91 Å². The number of nitrogens with one attached hydrogen (secondary N) is 1. The number of amides is 1. The van der Waals surface area contributed by atoms with Crippen LogP contribution in [0, 0.1) is 0 Å².